The molecule has 0 aliphatic carbocycles. The summed E-state index contributed by atoms with van der Waals surface area (Å²) in [5.74, 6) is 0.301. The molecule has 0 saturated heterocycles. The molecular weight excluding hydrogens is 269 g/mol. The van der Waals surface area contributed by atoms with Crippen molar-refractivity contribution in [2.45, 2.75) is 25.7 Å². The Hall–Kier alpha value is -2.36. The van der Waals surface area contributed by atoms with Gasteiger partial charge in [0.15, 0.2) is 0 Å². The number of benzene rings is 2. The molecule has 2 rings (SSSR count). The topological polar surface area (TPSA) is 52.3 Å². The number of halogens is 1. The van der Waals surface area contributed by atoms with Crippen LogP contribution in [0.25, 0.3) is 0 Å². The number of ether oxygens (including phenoxy) is 1. The fourth-order valence-corrected chi connectivity index (χ4v) is 2.17. The van der Waals surface area contributed by atoms with E-state index in [2.05, 4.69) is 0 Å². The Balaban J connectivity index is 2.11. The first kappa shape index (κ1) is 15.0. The van der Waals surface area contributed by atoms with Crippen molar-refractivity contribution in [2.24, 2.45) is 5.73 Å². The second kappa shape index (κ2) is 6.88. The number of carbonyl (C=O) groups is 1. The summed E-state index contributed by atoms with van der Waals surface area (Å²) in [6.07, 6.45) is 1.62. The minimum Gasteiger partial charge on any atom is -0.457 e. The Bertz CT molecular complexity index is 593. The molecule has 4 heteroatoms. The summed E-state index contributed by atoms with van der Waals surface area (Å²) in [6.45, 7) is 2.02. The lowest BCUT2D eigenvalue weighted by Crippen LogP contribution is -2.21. The van der Waals surface area contributed by atoms with Gasteiger partial charge in [0.2, 0.25) is 5.91 Å². The van der Waals surface area contributed by atoms with Crippen molar-refractivity contribution in [3.05, 3.63) is 59.9 Å². The molecule has 0 fully saturated rings. The van der Waals surface area contributed by atoms with Gasteiger partial charge in [-0.1, -0.05) is 25.5 Å². The van der Waals surface area contributed by atoms with Crippen molar-refractivity contribution in [3.63, 3.8) is 0 Å². The van der Waals surface area contributed by atoms with Crippen LogP contribution < -0.4 is 10.5 Å². The van der Waals surface area contributed by atoms with Crippen LogP contribution in [-0.2, 0) is 4.79 Å². The van der Waals surface area contributed by atoms with Crippen LogP contribution in [0, 0.1) is 5.82 Å². The van der Waals surface area contributed by atoms with Gasteiger partial charge in [-0.05, 0) is 48.4 Å². The molecular formula is C17H18FNO2. The first-order valence-electron chi connectivity index (χ1n) is 6.93. The van der Waals surface area contributed by atoms with E-state index in [0.29, 0.717) is 11.5 Å². The highest BCUT2D eigenvalue weighted by Crippen LogP contribution is 2.26. The van der Waals surface area contributed by atoms with Crippen molar-refractivity contribution in [2.75, 3.05) is 0 Å². The maximum Gasteiger partial charge on any atom is 0.224 e. The maximum absolute atomic E-state index is 12.8. The Morgan fingerprint density at radius 2 is 1.62 bits per heavy atom. The van der Waals surface area contributed by atoms with Gasteiger partial charge in [-0.25, -0.2) is 4.39 Å². The summed E-state index contributed by atoms with van der Waals surface area (Å²) in [7, 11) is 0. The highest BCUT2D eigenvalue weighted by atomic mass is 19.1. The fourth-order valence-electron chi connectivity index (χ4n) is 2.17. The van der Waals surface area contributed by atoms with Gasteiger partial charge in [0.05, 0.1) is 5.92 Å². The Morgan fingerprint density at radius 1 is 1.10 bits per heavy atom. The summed E-state index contributed by atoms with van der Waals surface area (Å²) in [5.41, 5.74) is 6.31. The normalized spacial score (nSPS) is 11.9. The summed E-state index contributed by atoms with van der Waals surface area (Å²) in [5, 5.41) is 0. The molecule has 0 heterocycles. The Kier molecular flexibility index (Phi) is 4.93. The molecule has 0 aliphatic rings. The number of hydrogen-bond acceptors (Lipinski definition) is 2. The largest absolute Gasteiger partial charge is 0.457 e. The monoisotopic (exact) mass is 287 g/mol. The van der Waals surface area contributed by atoms with Gasteiger partial charge in [0.1, 0.15) is 17.3 Å². The lowest BCUT2D eigenvalue weighted by atomic mass is 9.94. The number of hydrogen-bond donors (Lipinski definition) is 1. The van der Waals surface area contributed by atoms with Crippen molar-refractivity contribution < 1.29 is 13.9 Å². The molecule has 2 aromatic carbocycles. The summed E-state index contributed by atoms with van der Waals surface area (Å²) < 4.78 is 18.4. The van der Waals surface area contributed by atoms with E-state index in [4.69, 9.17) is 10.5 Å². The smallest absolute Gasteiger partial charge is 0.224 e. The number of amides is 1. The van der Waals surface area contributed by atoms with Gasteiger partial charge in [0.25, 0.3) is 0 Å². The van der Waals surface area contributed by atoms with E-state index < -0.39 is 0 Å². The molecule has 0 spiro atoms. The Morgan fingerprint density at radius 3 is 2.10 bits per heavy atom. The molecule has 1 amide bonds. The predicted molar refractivity (Wildman–Crippen MR) is 79.8 cm³/mol. The first-order valence-corrected chi connectivity index (χ1v) is 6.93. The van der Waals surface area contributed by atoms with E-state index in [1.165, 1.54) is 12.1 Å². The lowest BCUT2D eigenvalue weighted by Gasteiger charge is -2.13. The molecule has 0 aromatic heterocycles. The number of rotatable bonds is 6. The van der Waals surface area contributed by atoms with Crippen LogP contribution in [0.3, 0.4) is 0 Å². The van der Waals surface area contributed by atoms with Crippen LogP contribution in [0.4, 0.5) is 4.39 Å². The summed E-state index contributed by atoms with van der Waals surface area (Å²) in [6, 6.07) is 13.0. The van der Waals surface area contributed by atoms with Crippen molar-refractivity contribution >= 4 is 5.91 Å². The molecule has 21 heavy (non-hydrogen) atoms. The van der Waals surface area contributed by atoms with Crippen molar-refractivity contribution in [1.82, 2.24) is 0 Å². The molecule has 0 radical (unpaired) electrons. The highest BCUT2D eigenvalue weighted by Gasteiger charge is 2.16. The van der Waals surface area contributed by atoms with Crippen LogP contribution >= 0.6 is 0 Å². The van der Waals surface area contributed by atoms with E-state index in [0.717, 1.165) is 18.4 Å². The van der Waals surface area contributed by atoms with Gasteiger partial charge >= 0.3 is 0 Å². The SMILES string of the molecule is CCCC(C(N)=O)c1ccc(Oc2ccc(F)cc2)cc1. The van der Waals surface area contributed by atoms with E-state index in [1.807, 2.05) is 19.1 Å². The van der Waals surface area contributed by atoms with Crippen LogP contribution in [0.15, 0.2) is 48.5 Å². The number of carbonyl (C=O) groups excluding carboxylic acids is 1. The van der Waals surface area contributed by atoms with E-state index >= 15 is 0 Å². The molecule has 2 N–H and O–H groups in total. The summed E-state index contributed by atoms with van der Waals surface area (Å²) in [4.78, 5) is 11.5. The van der Waals surface area contributed by atoms with Crippen molar-refractivity contribution in [3.8, 4) is 11.5 Å². The second-order valence-corrected chi connectivity index (χ2v) is 4.87. The first-order chi connectivity index (χ1) is 10.1. The minimum atomic E-state index is -0.316. The van der Waals surface area contributed by atoms with E-state index in [-0.39, 0.29) is 17.6 Å². The molecule has 0 bridgehead atoms. The van der Waals surface area contributed by atoms with E-state index in [9.17, 15) is 9.18 Å². The van der Waals surface area contributed by atoms with Crippen LogP contribution in [-0.4, -0.2) is 5.91 Å². The zero-order valence-electron chi connectivity index (χ0n) is 11.9. The number of primary amides is 1. The average Bonchev–Trinajstić information content (AvgIpc) is 2.48. The van der Waals surface area contributed by atoms with Crippen molar-refractivity contribution in [1.29, 1.82) is 0 Å². The predicted octanol–water partition coefficient (Wildman–Crippen LogP) is 3.99. The molecule has 0 aliphatic heterocycles. The minimum absolute atomic E-state index is 0.269. The second-order valence-electron chi connectivity index (χ2n) is 4.87. The van der Waals surface area contributed by atoms with E-state index in [1.54, 1.807) is 24.3 Å². The van der Waals surface area contributed by atoms with Gasteiger partial charge in [-0.3, -0.25) is 4.79 Å². The summed E-state index contributed by atoms with van der Waals surface area (Å²) >= 11 is 0. The third kappa shape index (κ3) is 4.05. The standard InChI is InChI=1S/C17H18FNO2/c1-2-3-16(17(19)20)12-4-8-14(9-5-12)21-15-10-6-13(18)7-11-15/h4-11,16H,2-3H2,1H3,(H2,19,20). The molecule has 2 aromatic rings. The average molecular weight is 287 g/mol. The fraction of sp³-hybridized carbons (Fsp3) is 0.235. The lowest BCUT2D eigenvalue weighted by molar-refractivity contribution is -0.119. The molecule has 3 nitrogen and oxygen atoms in total. The number of nitrogens with two attached hydrogens (primary N) is 1. The quantitative estimate of drug-likeness (QED) is 0.873. The van der Waals surface area contributed by atoms with Gasteiger partial charge < -0.3 is 10.5 Å². The molecule has 0 saturated carbocycles. The van der Waals surface area contributed by atoms with Gasteiger partial charge in [-0.15, -0.1) is 0 Å². The third-order valence-electron chi connectivity index (χ3n) is 3.25. The van der Waals surface area contributed by atoms with Gasteiger partial charge in [0, 0.05) is 0 Å². The van der Waals surface area contributed by atoms with Crippen LogP contribution in [0.1, 0.15) is 31.2 Å². The van der Waals surface area contributed by atoms with Gasteiger partial charge in [-0.2, -0.15) is 0 Å². The van der Waals surface area contributed by atoms with Crippen LogP contribution in [0.5, 0.6) is 11.5 Å². The zero-order valence-corrected chi connectivity index (χ0v) is 11.9. The van der Waals surface area contributed by atoms with Crippen LogP contribution in [0.2, 0.25) is 0 Å². The Labute approximate surface area is 123 Å². The molecule has 1 unspecified atom stereocenters. The molecule has 110 valence electrons. The molecule has 1 atom stereocenters. The zero-order chi connectivity index (χ0) is 15.2. The highest BCUT2D eigenvalue weighted by molar-refractivity contribution is 5.81. The third-order valence-corrected chi connectivity index (χ3v) is 3.25. The maximum atomic E-state index is 12.8.